The minimum Gasteiger partial charge on any atom is -0.497 e. The molecule has 1 saturated carbocycles. The van der Waals surface area contributed by atoms with Crippen molar-refractivity contribution in [3.8, 4) is 5.75 Å². The molecule has 1 aliphatic rings. The Morgan fingerprint density at radius 1 is 1.30 bits per heavy atom. The van der Waals surface area contributed by atoms with Crippen LogP contribution in [0.2, 0.25) is 0 Å². The summed E-state index contributed by atoms with van der Waals surface area (Å²) < 4.78 is 5.14. The first-order valence-electron chi connectivity index (χ1n) is 7.10. The highest BCUT2D eigenvalue weighted by atomic mass is 32.2. The zero-order valence-electron chi connectivity index (χ0n) is 12.6. The van der Waals surface area contributed by atoms with E-state index in [4.69, 9.17) is 4.74 Å². The molecule has 1 aromatic rings. The molecule has 0 spiro atoms. The zero-order valence-corrected chi connectivity index (χ0v) is 13.4. The summed E-state index contributed by atoms with van der Waals surface area (Å²) in [6, 6.07) is 8.21. The third-order valence-electron chi connectivity index (χ3n) is 3.98. The molecule has 1 fully saturated rings. The van der Waals surface area contributed by atoms with E-state index in [2.05, 4.69) is 6.92 Å². The zero-order chi connectivity index (χ0) is 14.7. The molecule has 1 aliphatic carbocycles. The maximum Gasteiger partial charge on any atom is 0.235 e. The summed E-state index contributed by atoms with van der Waals surface area (Å²) >= 11 is 1.60. The molecule has 0 aliphatic heterocycles. The van der Waals surface area contributed by atoms with Crippen molar-refractivity contribution in [2.45, 2.75) is 42.9 Å². The van der Waals surface area contributed by atoms with E-state index in [0.29, 0.717) is 12.0 Å². The lowest BCUT2D eigenvalue weighted by Gasteiger charge is -2.27. The molecule has 2 rings (SSSR count). The van der Waals surface area contributed by atoms with E-state index in [9.17, 15) is 4.79 Å². The number of ether oxygens (including phenoxy) is 1. The maximum absolute atomic E-state index is 12.4. The highest BCUT2D eigenvalue weighted by molar-refractivity contribution is 8.00. The topological polar surface area (TPSA) is 29.5 Å². The molecule has 0 radical (unpaired) electrons. The summed E-state index contributed by atoms with van der Waals surface area (Å²) in [7, 11) is 3.58. The van der Waals surface area contributed by atoms with Crippen molar-refractivity contribution in [1.29, 1.82) is 0 Å². The van der Waals surface area contributed by atoms with Crippen LogP contribution in [0.4, 0.5) is 0 Å². The number of amides is 1. The second-order valence-corrected chi connectivity index (χ2v) is 6.88. The summed E-state index contributed by atoms with van der Waals surface area (Å²) in [5.74, 6) is 1.76. The third-order valence-corrected chi connectivity index (χ3v) is 5.08. The van der Waals surface area contributed by atoms with Crippen LogP contribution in [0.25, 0.3) is 0 Å². The molecular formula is C16H23NO2S. The summed E-state index contributed by atoms with van der Waals surface area (Å²) in [5.41, 5.74) is 0. The lowest BCUT2D eigenvalue weighted by Crippen LogP contribution is -2.40. The van der Waals surface area contributed by atoms with E-state index in [1.165, 1.54) is 12.8 Å². The fourth-order valence-corrected chi connectivity index (χ4v) is 3.26. The summed E-state index contributed by atoms with van der Waals surface area (Å²) in [6.07, 6.45) is 2.53. The van der Waals surface area contributed by atoms with Crippen molar-refractivity contribution in [2.75, 3.05) is 14.2 Å². The lowest BCUT2D eigenvalue weighted by atomic mass is 10.2. The van der Waals surface area contributed by atoms with E-state index in [1.807, 2.05) is 43.1 Å². The third kappa shape index (κ3) is 3.69. The molecule has 2 atom stereocenters. The van der Waals surface area contributed by atoms with Gasteiger partial charge < -0.3 is 9.64 Å². The Bertz CT molecular complexity index is 456. The molecule has 1 aromatic carbocycles. The number of thioether (sulfide) groups is 1. The average molecular weight is 293 g/mol. The monoisotopic (exact) mass is 293 g/mol. The Balaban J connectivity index is 1.92. The van der Waals surface area contributed by atoms with Crippen molar-refractivity contribution < 1.29 is 9.53 Å². The fourth-order valence-electron chi connectivity index (χ4n) is 2.29. The standard InChI is InChI=1S/C16H23NO2S/c1-11(13-5-6-13)17(3)16(18)12(2)20-15-9-7-14(19-4)8-10-15/h7-13H,5-6H2,1-4H3. The van der Waals surface area contributed by atoms with Crippen LogP contribution in [0, 0.1) is 5.92 Å². The summed E-state index contributed by atoms with van der Waals surface area (Å²) in [5, 5.41) is -0.0606. The molecule has 1 amide bonds. The molecule has 4 heteroatoms. The van der Waals surface area contributed by atoms with Crippen LogP contribution in [0.5, 0.6) is 5.75 Å². The van der Waals surface area contributed by atoms with Gasteiger partial charge in [-0.15, -0.1) is 11.8 Å². The average Bonchev–Trinajstić information content (AvgIpc) is 3.30. The van der Waals surface area contributed by atoms with Crippen LogP contribution in [0.1, 0.15) is 26.7 Å². The van der Waals surface area contributed by atoms with Gasteiger partial charge in [-0.25, -0.2) is 0 Å². The van der Waals surface area contributed by atoms with E-state index in [1.54, 1.807) is 18.9 Å². The molecule has 0 heterocycles. The molecule has 0 bridgehead atoms. The minimum atomic E-state index is -0.0606. The predicted molar refractivity (Wildman–Crippen MR) is 83.3 cm³/mol. The Labute approximate surface area is 125 Å². The van der Waals surface area contributed by atoms with Crippen LogP contribution < -0.4 is 4.74 Å². The number of methoxy groups -OCH3 is 1. The van der Waals surface area contributed by atoms with Crippen LogP contribution in [0.15, 0.2) is 29.2 Å². The number of carbonyl (C=O) groups excluding carboxylic acids is 1. The minimum absolute atomic E-state index is 0.0606. The number of benzene rings is 1. The Kier molecular flexibility index (Phi) is 4.97. The van der Waals surface area contributed by atoms with Gasteiger partial charge >= 0.3 is 0 Å². The Hall–Kier alpha value is -1.16. The first-order valence-corrected chi connectivity index (χ1v) is 7.98. The van der Waals surface area contributed by atoms with Crippen molar-refractivity contribution in [1.82, 2.24) is 4.90 Å². The Morgan fingerprint density at radius 3 is 2.40 bits per heavy atom. The largest absolute Gasteiger partial charge is 0.497 e. The predicted octanol–water partition coefficient (Wildman–Crippen LogP) is 3.43. The van der Waals surface area contributed by atoms with Crippen molar-refractivity contribution >= 4 is 17.7 Å². The van der Waals surface area contributed by atoms with Gasteiger partial charge in [-0.1, -0.05) is 0 Å². The normalized spacial score (nSPS) is 17.4. The summed E-state index contributed by atoms with van der Waals surface area (Å²) in [6.45, 7) is 4.13. The molecular weight excluding hydrogens is 270 g/mol. The molecule has 110 valence electrons. The van der Waals surface area contributed by atoms with Gasteiger partial charge in [0.25, 0.3) is 0 Å². The first kappa shape index (κ1) is 15.2. The Morgan fingerprint density at radius 2 is 1.90 bits per heavy atom. The van der Waals surface area contributed by atoms with E-state index in [-0.39, 0.29) is 11.2 Å². The number of rotatable bonds is 6. The van der Waals surface area contributed by atoms with Gasteiger partial charge in [0.2, 0.25) is 5.91 Å². The molecule has 0 saturated heterocycles. The molecule has 0 aromatic heterocycles. The van der Waals surface area contributed by atoms with E-state index < -0.39 is 0 Å². The van der Waals surface area contributed by atoms with Gasteiger partial charge in [0.15, 0.2) is 0 Å². The van der Waals surface area contributed by atoms with Crippen molar-refractivity contribution in [3.05, 3.63) is 24.3 Å². The molecule has 3 nitrogen and oxygen atoms in total. The van der Waals surface area contributed by atoms with Gasteiger partial charge in [-0.2, -0.15) is 0 Å². The SMILES string of the molecule is COc1ccc(SC(C)C(=O)N(C)C(C)C2CC2)cc1. The van der Waals surface area contributed by atoms with Gasteiger partial charge in [0.05, 0.1) is 12.4 Å². The second kappa shape index (κ2) is 6.53. The first-order chi connectivity index (χ1) is 9.52. The molecule has 2 unspecified atom stereocenters. The lowest BCUT2D eigenvalue weighted by molar-refractivity contribution is -0.131. The van der Waals surface area contributed by atoms with Gasteiger partial charge in [0, 0.05) is 18.0 Å². The highest BCUT2D eigenvalue weighted by Gasteiger charge is 2.33. The van der Waals surface area contributed by atoms with Gasteiger partial charge in [-0.3, -0.25) is 4.79 Å². The van der Waals surface area contributed by atoms with Crippen molar-refractivity contribution in [2.24, 2.45) is 5.92 Å². The van der Waals surface area contributed by atoms with Gasteiger partial charge in [0.1, 0.15) is 5.75 Å². The van der Waals surface area contributed by atoms with Crippen LogP contribution >= 0.6 is 11.8 Å². The van der Waals surface area contributed by atoms with Crippen molar-refractivity contribution in [3.63, 3.8) is 0 Å². The molecule has 20 heavy (non-hydrogen) atoms. The van der Waals surface area contributed by atoms with Crippen LogP contribution in [0.3, 0.4) is 0 Å². The number of nitrogens with zero attached hydrogens (tertiary/aromatic N) is 1. The van der Waals surface area contributed by atoms with Gasteiger partial charge in [-0.05, 0) is 56.9 Å². The fraction of sp³-hybridized carbons (Fsp3) is 0.562. The highest BCUT2D eigenvalue weighted by Crippen LogP contribution is 2.35. The second-order valence-electron chi connectivity index (χ2n) is 5.46. The van der Waals surface area contributed by atoms with E-state index >= 15 is 0 Å². The maximum atomic E-state index is 12.4. The van der Waals surface area contributed by atoms with Crippen LogP contribution in [-0.4, -0.2) is 36.3 Å². The quantitative estimate of drug-likeness (QED) is 0.753. The number of hydrogen-bond acceptors (Lipinski definition) is 3. The van der Waals surface area contributed by atoms with E-state index in [0.717, 1.165) is 10.6 Å². The number of carbonyl (C=O) groups is 1. The van der Waals surface area contributed by atoms with Crippen LogP contribution in [-0.2, 0) is 4.79 Å². The summed E-state index contributed by atoms with van der Waals surface area (Å²) in [4.78, 5) is 15.4. The smallest absolute Gasteiger partial charge is 0.235 e. The molecule has 0 N–H and O–H groups in total. The number of hydrogen-bond donors (Lipinski definition) is 0.